The van der Waals surface area contributed by atoms with Crippen molar-refractivity contribution < 1.29 is 24.5 Å². The standard InChI is InChI=1S/C53H101NO5/c1-3-5-7-9-11-13-15-17-19-20-22-24-26-31-35-39-43-47-53(58)59-48-44-40-36-32-28-27-30-34-38-42-46-52(57)54-50(49-55)51(56)45-41-37-33-29-25-23-21-18-16-14-12-10-8-6-4-2/h28,32,41,45,50-51,55-56H,3-27,29-31,33-40,42-44,46-49H2,1-2H3,(H,54,57)/b32-28-,45-41+. The lowest BCUT2D eigenvalue weighted by atomic mass is 10.0. The molecule has 59 heavy (non-hydrogen) atoms. The average Bonchev–Trinajstić information content (AvgIpc) is 3.24. The van der Waals surface area contributed by atoms with Crippen LogP contribution in [0.15, 0.2) is 24.3 Å². The van der Waals surface area contributed by atoms with Gasteiger partial charge in [0, 0.05) is 12.8 Å². The monoisotopic (exact) mass is 832 g/mol. The minimum absolute atomic E-state index is 0.0347. The van der Waals surface area contributed by atoms with Crippen molar-refractivity contribution in [1.29, 1.82) is 0 Å². The number of unbranched alkanes of at least 4 members (excludes halogenated alkanes) is 35. The minimum atomic E-state index is -0.865. The van der Waals surface area contributed by atoms with E-state index < -0.39 is 12.1 Å². The number of rotatable bonds is 48. The van der Waals surface area contributed by atoms with E-state index in [0.29, 0.717) is 19.4 Å². The molecule has 0 saturated carbocycles. The highest BCUT2D eigenvalue weighted by atomic mass is 16.5. The van der Waals surface area contributed by atoms with Gasteiger partial charge in [-0.2, -0.15) is 0 Å². The molecule has 0 aromatic rings. The van der Waals surface area contributed by atoms with Crippen LogP contribution in [0, 0.1) is 0 Å². The summed E-state index contributed by atoms with van der Waals surface area (Å²) in [6.07, 6.45) is 57.5. The predicted octanol–water partition coefficient (Wildman–Crippen LogP) is 15.5. The first-order chi connectivity index (χ1) is 29.0. The van der Waals surface area contributed by atoms with Crippen LogP contribution >= 0.6 is 0 Å². The Morgan fingerprint density at radius 2 is 0.797 bits per heavy atom. The molecule has 0 aliphatic heterocycles. The second kappa shape index (κ2) is 49.0. The molecule has 0 spiro atoms. The molecule has 0 radical (unpaired) electrons. The Morgan fingerprint density at radius 1 is 0.458 bits per heavy atom. The van der Waals surface area contributed by atoms with Gasteiger partial charge in [0.05, 0.1) is 25.4 Å². The first-order valence-corrected chi connectivity index (χ1v) is 26.1. The number of allylic oxidation sites excluding steroid dienone is 3. The van der Waals surface area contributed by atoms with Crippen LogP contribution in [-0.2, 0) is 14.3 Å². The number of carbonyl (C=O) groups excluding carboxylic acids is 2. The predicted molar refractivity (Wildman–Crippen MR) is 255 cm³/mol. The number of hydrogen-bond acceptors (Lipinski definition) is 5. The molecule has 2 unspecified atom stereocenters. The Balaban J connectivity index is 3.54. The molecule has 0 aromatic carbocycles. The Bertz CT molecular complexity index is 920. The number of ether oxygens (including phenoxy) is 1. The fraction of sp³-hybridized carbons (Fsp3) is 0.887. The topological polar surface area (TPSA) is 95.9 Å². The summed E-state index contributed by atoms with van der Waals surface area (Å²) in [5.41, 5.74) is 0. The van der Waals surface area contributed by atoms with Crippen LogP contribution in [0.25, 0.3) is 0 Å². The number of hydrogen-bond donors (Lipinski definition) is 3. The summed E-state index contributed by atoms with van der Waals surface area (Å²) in [5.74, 6) is -0.138. The molecule has 0 heterocycles. The number of nitrogens with one attached hydrogen (secondary N) is 1. The zero-order valence-corrected chi connectivity index (χ0v) is 39.5. The van der Waals surface area contributed by atoms with Crippen LogP contribution in [0.1, 0.15) is 277 Å². The normalized spacial score (nSPS) is 12.8. The van der Waals surface area contributed by atoms with Crippen molar-refractivity contribution in [2.75, 3.05) is 13.2 Å². The van der Waals surface area contributed by atoms with Gasteiger partial charge in [-0.1, -0.05) is 231 Å². The molecule has 3 N–H and O–H groups in total. The SMILES string of the molecule is CCCCCCCCCCCCCCC/C=C/C(O)C(CO)NC(=O)CCCCCC/C=C\CCCCOC(=O)CCCCCCCCCCCCCCCCCCC. The molecule has 0 rings (SSSR count). The second-order valence-electron chi connectivity index (χ2n) is 17.9. The van der Waals surface area contributed by atoms with Gasteiger partial charge < -0.3 is 20.3 Å². The number of amides is 1. The van der Waals surface area contributed by atoms with Crippen molar-refractivity contribution in [3.05, 3.63) is 24.3 Å². The molecule has 0 aliphatic rings. The van der Waals surface area contributed by atoms with E-state index in [1.165, 1.54) is 173 Å². The molecule has 348 valence electrons. The summed E-state index contributed by atoms with van der Waals surface area (Å²) in [4.78, 5) is 24.5. The lowest BCUT2D eigenvalue weighted by Gasteiger charge is -2.20. The summed E-state index contributed by atoms with van der Waals surface area (Å²) in [7, 11) is 0. The summed E-state index contributed by atoms with van der Waals surface area (Å²) >= 11 is 0. The van der Waals surface area contributed by atoms with Crippen LogP contribution in [-0.4, -0.2) is 47.4 Å². The highest BCUT2D eigenvalue weighted by Gasteiger charge is 2.18. The van der Waals surface area contributed by atoms with Crippen molar-refractivity contribution in [1.82, 2.24) is 5.32 Å². The van der Waals surface area contributed by atoms with E-state index in [4.69, 9.17) is 4.74 Å². The van der Waals surface area contributed by atoms with Crippen LogP contribution < -0.4 is 5.32 Å². The highest BCUT2D eigenvalue weighted by molar-refractivity contribution is 5.76. The smallest absolute Gasteiger partial charge is 0.305 e. The fourth-order valence-electron chi connectivity index (χ4n) is 7.92. The van der Waals surface area contributed by atoms with Gasteiger partial charge >= 0.3 is 5.97 Å². The summed E-state index contributed by atoms with van der Waals surface area (Å²) < 4.78 is 5.44. The molecule has 0 aliphatic carbocycles. The minimum Gasteiger partial charge on any atom is -0.466 e. The molecule has 2 atom stereocenters. The third kappa shape index (κ3) is 45.7. The van der Waals surface area contributed by atoms with Gasteiger partial charge in [-0.25, -0.2) is 0 Å². The van der Waals surface area contributed by atoms with Gasteiger partial charge in [0.1, 0.15) is 0 Å². The van der Waals surface area contributed by atoms with Crippen LogP contribution in [0.5, 0.6) is 0 Å². The van der Waals surface area contributed by atoms with Crippen molar-refractivity contribution in [2.45, 2.75) is 289 Å². The molecule has 0 bridgehead atoms. The zero-order chi connectivity index (χ0) is 43.0. The number of carbonyl (C=O) groups is 2. The van der Waals surface area contributed by atoms with Gasteiger partial charge in [0.2, 0.25) is 5.91 Å². The van der Waals surface area contributed by atoms with Gasteiger partial charge in [-0.15, -0.1) is 0 Å². The molecule has 6 nitrogen and oxygen atoms in total. The maximum atomic E-state index is 12.4. The van der Waals surface area contributed by atoms with E-state index in [1.54, 1.807) is 6.08 Å². The lowest BCUT2D eigenvalue weighted by Crippen LogP contribution is -2.45. The summed E-state index contributed by atoms with van der Waals surface area (Å²) in [6.45, 7) is 4.82. The molecule has 0 fully saturated rings. The van der Waals surface area contributed by atoms with Crippen molar-refractivity contribution in [3.63, 3.8) is 0 Å². The van der Waals surface area contributed by atoms with Gasteiger partial charge in [0.25, 0.3) is 0 Å². The molecule has 0 aromatic heterocycles. The molecule has 1 amide bonds. The first kappa shape index (κ1) is 57.3. The lowest BCUT2D eigenvalue weighted by molar-refractivity contribution is -0.143. The Kier molecular flexibility index (Phi) is 47.6. The zero-order valence-electron chi connectivity index (χ0n) is 39.5. The Labute approximate surface area is 367 Å². The molecule has 0 saturated heterocycles. The quantitative estimate of drug-likeness (QED) is 0.0322. The van der Waals surface area contributed by atoms with E-state index >= 15 is 0 Å². The van der Waals surface area contributed by atoms with Crippen LogP contribution in [0.3, 0.4) is 0 Å². The van der Waals surface area contributed by atoms with E-state index in [9.17, 15) is 19.8 Å². The summed E-state index contributed by atoms with van der Waals surface area (Å²) in [5, 5.41) is 23.0. The fourth-order valence-corrected chi connectivity index (χ4v) is 7.92. The number of aliphatic hydroxyl groups excluding tert-OH is 2. The van der Waals surface area contributed by atoms with Crippen LogP contribution in [0.4, 0.5) is 0 Å². The van der Waals surface area contributed by atoms with Crippen molar-refractivity contribution >= 4 is 11.9 Å². The molecule has 6 heteroatoms. The van der Waals surface area contributed by atoms with E-state index in [2.05, 4.69) is 31.3 Å². The van der Waals surface area contributed by atoms with Gasteiger partial charge in [-0.3, -0.25) is 9.59 Å². The highest BCUT2D eigenvalue weighted by Crippen LogP contribution is 2.16. The first-order valence-electron chi connectivity index (χ1n) is 26.1. The summed E-state index contributed by atoms with van der Waals surface area (Å²) in [6, 6.07) is -0.652. The molecular formula is C53H101NO5. The van der Waals surface area contributed by atoms with Crippen LogP contribution in [0.2, 0.25) is 0 Å². The Morgan fingerprint density at radius 3 is 1.20 bits per heavy atom. The van der Waals surface area contributed by atoms with E-state index in [-0.39, 0.29) is 18.5 Å². The van der Waals surface area contributed by atoms with Gasteiger partial charge in [-0.05, 0) is 57.8 Å². The van der Waals surface area contributed by atoms with Crippen molar-refractivity contribution in [3.8, 4) is 0 Å². The molecular weight excluding hydrogens is 731 g/mol. The van der Waals surface area contributed by atoms with E-state index in [0.717, 1.165) is 77.0 Å². The van der Waals surface area contributed by atoms with E-state index in [1.807, 2.05) is 6.08 Å². The third-order valence-electron chi connectivity index (χ3n) is 12.0. The van der Waals surface area contributed by atoms with Crippen molar-refractivity contribution in [2.24, 2.45) is 0 Å². The maximum Gasteiger partial charge on any atom is 0.305 e. The number of aliphatic hydroxyl groups is 2. The second-order valence-corrected chi connectivity index (χ2v) is 17.9. The van der Waals surface area contributed by atoms with Gasteiger partial charge in [0.15, 0.2) is 0 Å². The largest absolute Gasteiger partial charge is 0.466 e. The maximum absolute atomic E-state index is 12.4. The average molecular weight is 832 g/mol. The number of esters is 1. The Hall–Kier alpha value is -1.66. The third-order valence-corrected chi connectivity index (χ3v) is 12.0.